The Morgan fingerprint density at radius 1 is 1.18 bits per heavy atom. The van der Waals surface area contributed by atoms with E-state index in [1.54, 1.807) is 11.8 Å². The molecule has 0 saturated heterocycles. The van der Waals surface area contributed by atoms with Gasteiger partial charge in [0.15, 0.2) is 5.17 Å². The Morgan fingerprint density at radius 2 is 1.86 bits per heavy atom. The summed E-state index contributed by atoms with van der Waals surface area (Å²) in [5.74, 6) is 0.0176. The summed E-state index contributed by atoms with van der Waals surface area (Å²) in [6.45, 7) is 8.51. The van der Waals surface area contributed by atoms with Gasteiger partial charge in [-0.05, 0) is 31.4 Å². The van der Waals surface area contributed by atoms with Crippen LogP contribution >= 0.6 is 11.8 Å². The van der Waals surface area contributed by atoms with Gasteiger partial charge in [0.1, 0.15) is 5.70 Å². The van der Waals surface area contributed by atoms with Gasteiger partial charge in [0, 0.05) is 11.3 Å². The predicted octanol–water partition coefficient (Wildman–Crippen LogP) is 4.56. The van der Waals surface area contributed by atoms with Gasteiger partial charge in [-0.1, -0.05) is 62.9 Å². The Bertz CT molecular complexity index is 580. The zero-order valence-electron chi connectivity index (χ0n) is 13.7. The van der Waals surface area contributed by atoms with Gasteiger partial charge in [0.2, 0.25) is 0 Å². The number of thioether (sulfide) groups is 1. The van der Waals surface area contributed by atoms with Crippen molar-refractivity contribution in [3.8, 4) is 0 Å². The van der Waals surface area contributed by atoms with Crippen molar-refractivity contribution >= 4 is 28.9 Å². The molecular formula is C18H24N2OS. The van der Waals surface area contributed by atoms with Crippen LogP contribution in [-0.4, -0.2) is 27.3 Å². The van der Waals surface area contributed by atoms with E-state index in [-0.39, 0.29) is 11.9 Å². The molecule has 0 radical (unpaired) electrons. The van der Waals surface area contributed by atoms with E-state index >= 15 is 0 Å². The fourth-order valence-corrected chi connectivity index (χ4v) is 3.19. The molecule has 1 aliphatic heterocycles. The number of rotatable bonds is 5. The number of amidine groups is 1. The van der Waals surface area contributed by atoms with Crippen LogP contribution in [-0.2, 0) is 4.79 Å². The molecule has 1 aromatic rings. The van der Waals surface area contributed by atoms with E-state index in [0.717, 1.165) is 23.6 Å². The van der Waals surface area contributed by atoms with Crippen molar-refractivity contribution in [3.63, 3.8) is 0 Å². The van der Waals surface area contributed by atoms with Gasteiger partial charge in [-0.3, -0.25) is 9.69 Å². The molecule has 0 spiro atoms. The van der Waals surface area contributed by atoms with Crippen LogP contribution in [0, 0.1) is 0 Å². The standard InChI is InChI=1S/C18H24N2OS/c1-5-13(3)20-17(21)16(12-15-10-8-7-9-11-15)19-18(20)22-14(4)6-2/h7-14H,5-6H2,1-4H3/b16-12-. The Morgan fingerprint density at radius 3 is 2.45 bits per heavy atom. The zero-order valence-corrected chi connectivity index (χ0v) is 14.6. The molecule has 1 aromatic carbocycles. The molecule has 1 heterocycles. The highest BCUT2D eigenvalue weighted by atomic mass is 32.2. The summed E-state index contributed by atoms with van der Waals surface area (Å²) in [6, 6.07) is 10.1. The first-order valence-electron chi connectivity index (χ1n) is 7.92. The van der Waals surface area contributed by atoms with Gasteiger partial charge >= 0.3 is 0 Å². The largest absolute Gasteiger partial charge is 0.283 e. The lowest BCUT2D eigenvalue weighted by atomic mass is 10.2. The van der Waals surface area contributed by atoms with Gasteiger partial charge in [0.05, 0.1) is 0 Å². The highest BCUT2D eigenvalue weighted by Crippen LogP contribution is 2.29. The highest BCUT2D eigenvalue weighted by Gasteiger charge is 2.34. The summed E-state index contributed by atoms with van der Waals surface area (Å²) in [5.41, 5.74) is 1.55. The van der Waals surface area contributed by atoms with Crippen molar-refractivity contribution in [2.75, 3.05) is 0 Å². The van der Waals surface area contributed by atoms with Crippen LogP contribution in [0.1, 0.15) is 46.1 Å². The Kier molecular flexibility index (Phi) is 5.83. The van der Waals surface area contributed by atoms with Crippen LogP contribution < -0.4 is 0 Å². The molecule has 2 rings (SSSR count). The first-order chi connectivity index (χ1) is 10.6. The Hall–Kier alpha value is -1.55. The normalized spacial score (nSPS) is 19.5. The zero-order chi connectivity index (χ0) is 16.1. The predicted molar refractivity (Wildman–Crippen MR) is 95.8 cm³/mol. The second-order valence-corrected chi connectivity index (χ2v) is 7.01. The molecule has 0 N–H and O–H groups in total. The van der Waals surface area contributed by atoms with E-state index in [1.807, 2.05) is 41.3 Å². The SMILES string of the molecule is CCC(C)SC1=N/C(=C\c2ccccc2)C(=O)N1C(C)CC. The number of hydrogen-bond acceptors (Lipinski definition) is 3. The Balaban J connectivity index is 2.32. The maximum Gasteiger partial charge on any atom is 0.278 e. The fourth-order valence-electron chi connectivity index (χ4n) is 2.13. The molecule has 118 valence electrons. The third kappa shape index (κ3) is 3.80. The number of hydrogen-bond donors (Lipinski definition) is 0. The first kappa shape index (κ1) is 16.8. The molecule has 1 aliphatic rings. The highest BCUT2D eigenvalue weighted by molar-refractivity contribution is 8.14. The summed E-state index contributed by atoms with van der Waals surface area (Å²) < 4.78 is 0. The van der Waals surface area contributed by atoms with Crippen LogP contribution in [0.15, 0.2) is 41.0 Å². The third-order valence-electron chi connectivity index (χ3n) is 3.88. The average Bonchev–Trinajstić information content (AvgIpc) is 2.83. The van der Waals surface area contributed by atoms with Crippen LogP contribution in [0.4, 0.5) is 0 Å². The number of carbonyl (C=O) groups is 1. The minimum Gasteiger partial charge on any atom is -0.283 e. The molecular weight excluding hydrogens is 292 g/mol. The second kappa shape index (κ2) is 7.63. The maximum absolute atomic E-state index is 12.7. The smallest absolute Gasteiger partial charge is 0.278 e. The quantitative estimate of drug-likeness (QED) is 0.746. The van der Waals surface area contributed by atoms with Crippen molar-refractivity contribution in [1.82, 2.24) is 4.90 Å². The molecule has 1 amide bonds. The van der Waals surface area contributed by atoms with E-state index in [9.17, 15) is 4.79 Å². The van der Waals surface area contributed by atoms with Crippen molar-refractivity contribution in [2.24, 2.45) is 4.99 Å². The van der Waals surface area contributed by atoms with E-state index in [0.29, 0.717) is 10.9 Å². The van der Waals surface area contributed by atoms with Crippen molar-refractivity contribution in [3.05, 3.63) is 41.6 Å². The number of aliphatic imine (C=N–C) groups is 1. The topological polar surface area (TPSA) is 32.7 Å². The number of nitrogens with zero attached hydrogens (tertiary/aromatic N) is 2. The monoisotopic (exact) mass is 316 g/mol. The summed E-state index contributed by atoms with van der Waals surface area (Å²) in [5, 5.41) is 1.30. The van der Waals surface area contributed by atoms with Gasteiger partial charge in [-0.15, -0.1) is 0 Å². The van der Waals surface area contributed by atoms with Crippen LogP contribution in [0.25, 0.3) is 6.08 Å². The first-order valence-corrected chi connectivity index (χ1v) is 8.80. The molecule has 0 aromatic heterocycles. The molecule has 22 heavy (non-hydrogen) atoms. The van der Waals surface area contributed by atoms with E-state index < -0.39 is 0 Å². The Labute approximate surface area is 137 Å². The molecule has 0 fully saturated rings. The summed E-state index contributed by atoms with van der Waals surface area (Å²) in [4.78, 5) is 19.2. The van der Waals surface area contributed by atoms with E-state index in [1.165, 1.54) is 0 Å². The van der Waals surface area contributed by atoms with Crippen LogP contribution in [0.2, 0.25) is 0 Å². The number of benzene rings is 1. The maximum atomic E-state index is 12.7. The molecule has 4 heteroatoms. The van der Waals surface area contributed by atoms with Gasteiger partial charge in [-0.25, -0.2) is 4.99 Å². The molecule has 0 aliphatic carbocycles. The van der Waals surface area contributed by atoms with Crippen molar-refractivity contribution in [1.29, 1.82) is 0 Å². The van der Waals surface area contributed by atoms with E-state index in [2.05, 4.69) is 32.7 Å². The number of carbonyl (C=O) groups excluding carboxylic acids is 1. The van der Waals surface area contributed by atoms with E-state index in [4.69, 9.17) is 0 Å². The second-order valence-electron chi connectivity index (χ2n) is 5.60. The average molecular weight is 316 g/mol. The molecule has 0 bridgehead atoms. The summed E-state index contributed by atoms with van der Waals surface area (Å²) >= 11 is 1.69. The minimum atomic E-state index is 0.0176. The lowest BCUT2D eigenvalue weighted by Crippen LogP contribution is -2.38. The number of amides is 1. The minimum absolute atomic E-state index is 0.0176. The van der Waals surface area contributed by atoms with Crippen molar-refractivity contribution in [2.45, 2.75) is 51.8 Å². The molecule has 2 atom stereocenters. The third-order valence-corrected chi connectivity index (χ3v) is 5.11. The van der Waals surface area contributed by atoms with Gasteiger partial charge in [0.25, 0.3) is 5.91 Å². The lowest BCUT2D eigenvalue weighted by Gasteiger charge is -2.25. The summed E-state index contributed by atoms with van der Waals surface area (Å²) in [6.07, 6.45) is 3.86. The summed E-state index contributed by atoms with van der Waals surface area (Å²) in [7, 11) is 0. The van der Waals surface area contributed by atoms with Gasteiger partial charge < -0.3 is 0 Å². The van der Waals surface area contributed by atoms with Crippen LogP contribution in [0.3, 0.4) is 0 Å². The van der Waals surface area contributed by atoms with Gasteiger partial charge in [-0.2, -0.15) is 0 Å². The molecule has 2 unspecified atom stereocenters. The fraction of sp³-hybridized carbons (Fsp3) is 0.444. The lowest BCUT2D eigenvalue weighted by molar-refractivity contribution is -0.123. The molecule has 3 nitrogen and oxygen atoms in total. The van der Waals surface area contributed by atoms with Crippen LogP contribution in [0.5, 0.6) is 0 Å². The van der Waals surface area contributed by atoms with Crippen molar-refractivity contribution < 1.29 is 4.79 Å². The molecule has 0 saturated carbocycles.